The van der Waals surface area contributed by atoms with Crippen molar-refractivity contribution in [2.45, 2.75) is 5.92 Å². The van der Waals surface area contributed by atoms with Gasteiger partial charge < -0.3 is 20.4 Å². The summed E-state index contributed by atoms with van der Waals surface area (Å²) in [5.41, 5.74) is 3.51. The van der Waals surface area contributed by atoms with Gasteiger partial charge in [0.05, 0.1) is 19.0 Å². The Hall–Kier alpha value is -4.13. The van der Waals surface area contributed by atoms with Crippen LogP contribution in [0.2, 0.25) is 0 Å². The molecule has 0 spiro atoms. The molecule has 4 rings (SSSR count). The Bertz CT molecular complexity index is 1190. The van der Waals surface area contributed by atoms with Crippen LogP contribution in [0.3, 0.4) is 0 Å². The number of rotatable bonds is 6. The monoisotopic (exact) mass is 414 g/mol. The summed E-state index contributed by atoms with van der Waals surface area (Å²) in [7, 11) is 1.62. The molecule has 0 bridgehead atoms. The van der Waals surface area contributed by atoms with E-state index in [0.717, 1.165) is 27.8 Å². The summed E-state index contributed by atoms with van der Waals surface area (Å²) < 4.78 is 5.26. The summed E-state index contributed by atoms with van der Waals surface area (Å²) >= 11 is 0. The van der Waals surface area contributed by atoms with E-state index in [9.17, 15) is 9.59 Å². The van der Waals surface area contributed by atoms with Crippen molar-refractivity contribution in [2.75, 3.05) is 19.0 Å². The Morgan fingerprint density at radius 3 is 2.58 bits per heavy atom. The first-order valence-corrected chi connectivity index (χ1v) is 9.85. The van der Waals surface area contributed by atoms with Gasteiger partial charge >= 0.3 is 11.8 Å². The first-order valence-electron chi connectivity index (χ1n) is 9.85. The predicted molar refractivity (Wildman–Crippen MR) is 119 cm³/mol. The minimum absolute atomic E-state index is 0.155. The van der Waals surface area contributed by atoms with Crippen LogP contribution in [0, 0.1) is 0 Å². The lowest BCUT2D eigenvalue weighted by atomic mass is 9.90. The van der Waals surface area contributed by atoms with Crippen LogP contribution in [0.15, 0.2) is 79.3 Å². The number of carbonyl (C=O) groups is 2. The number of benzene rings is 2. The second-order valence-corrected chi connectivity index (χ2v) is 7.02. The van der Waals surface area contributed by atoms with E-state index in [1.807, 2.05) is 54.7 Å². The Balaban J connectivity index is 1.56. The molecule has 0 aliphatic heterocycles. The van der Waals surface area contributed by atoms with E-state index in [2.05, 4.69) is 20.6 Å². The fourth-order valence-electron chi connectivity index (χ4n) is 3.53. The zero-order chi connectivity index (χ0) is 21.6. The number of aromatic nitrogens is 2. The van der Waals surface area contributed by atoms with E-state index >= 15 is 0 Å². The summed E-state index contributed by atoms with van der Waals surface area (Å²) in [4.78, 5) is 31.9. The Kier molecular flexibility index (Phi) is 5.93. The normalized spacial score (nSPS) is 11.6. The van der Waals surface area contributed by atoms with Gasteiger partial charge in [0.1, 0.15) is 5.75 Å². The number of ether oxygens (including phenoxy) is 1. The lowest BCUT2D eigenvalue weighted by Crippen LogP contribution is -2.37. The van der Waals surface area contributed by atoms with E-state index in [-0.39, 0.29) is 12.5 Å². The smallest absolute Gasteiger partial charge is 0.313 e. The molecule has 0 saturated heterocycles. The van der Waals surface area contributed by atoms with E-state index in [0.29, 0.717) is 5.69 Å². The van der Waals surface area contributed by atoms with Crippen LogP contribution >= 0.6 is 0 Å². The lowest BCUT2D eigenvalue weighted by molar-refractivity contribution is -0.136. The molecule has 2 heterocycles. The third kappa shape index (κ3) is 4.56. The van der Waals surface area contributed by atoms with Crippen LogP contribution < -0.4 is 15.4 Å². The molecule has 1 unspecified atom stereocenters. The molecular weight excluding hydrogens is 392 g/mol. The van der Waals surface area contributed by atoms with Gasteiger partial charge in [-0.3, -0.25) is 14.6 Å². The van der Waals surface area contributed by atoms with E-state index in [4.69, 9.17) is 4.74 Å². The van der Waals surface area contributed by atoms with Gasteiger partial charge in [0.15, 0.2) is 0 Å². The maximum atomic E-state index is 12.4. The quantitative estimate of drug-likeness (QED) is 0.421. The van der Waals surface area contributed by atoms with Gasteiger partial charge in [-0.05, 0) is 41.5 Å². The fourth-order valence-corrected chi connectivity index (χ4v) is 3.53. The Labute approximate surface area is 179 Å². The van der Waals surface area contributed by atoms with Crippen LogP contribution in [0.5, 0.6) is 5.75 Å². The number of carbonyl (C=O) groups excluding carboxylic acids is 2. The molecule has 2 amide bonds. The zero-order valence-electron chi connectivity index (χ0n) is 17.0. The summed E-state index contributed by atoms with van der Waals surface area (Å²) in [6, 6.07) is 19.0. The first-order chi connectivity index (χ1) is 15.2. The second kappa shape index (κ2) is 9.13. The van der Waals surface area contributed by atoms with Crippen LogP contribution in [0.1, 0.15) is 17.0 Å². The molecule has 7 heteroatoms. The average molecular weight is 414 g/mol. The van der Waals surface area contributed by atoms with Crippen molar-refractivity contribution in [1.82, 2.24) is 15.3 Å². The molecule has 31 heavy (non-hydrogen) atoms. The summed E-state index contributed by atoms with van der Waals surface area (Å²) in [6.07, 6.45) is 5.02. The average Bonchev–Trinajstić information content (AvgIpc) is 3.24. The number of amides is 2. The lowest BCUT2D eigenvalue weighted by Gasteiger charge is -2.18. The number of hydrogen-bond donors (Lipinski definition) is 3. The summed E-state index contributed by atoms with van der Waals surface area (Å²) in [6.45, 7) is 0.257. The molecule has 1 atom stereocenters. The highest BCUT2D eigenvalue weighted by Gasteiger charge is 2.21. The number of fused-ring (bicyclic) bond motifs is 1. The number of anilines is 1. The van der Waals surface area contributed by atoms with Gasteiger partial charge in [-0.1, -0.05) is 30.3 Å². The van der Waals surface area contributed by atoms with E-state index in [1.54, 1.807) is 25.4 Å². The molecule has 2 aromatic heterocycles. The van der Waals surface area contributed by atoms with Crippen molar-refractivity contribution >= 4 is 28.4 Å². The Morgan fingerprint density at radius 2 is 1.84 bits per heavy atom. The van der Waals surface area contributed by atoms with Crippen molar-refractivity contribution in [3.63, 3.8) is 0 Å². The molecule has 3 N–H and O–H groups in total. The number of nitrogens with zero attached hydrogens (tertiary/aromatic N) is 1. The van der Waals surface area contributed by atoms with Gasteiger partial charge in [-0.25, -0.2) is 0 Å². The molecule has 156 valence electrons. The second-order valence-electron chi connectivity index (χ2n) is 7.02. The van der Waals surface area contributed by atoms with Gasteiger partial charge in [0, 0.05) is 35.8 Å². The van der Waals surface area contributed by atoms with E-state index in [1.165, 1.54) is 6.20 Å². The van der Waals surface area contributed by atoms with E-state index < -0.39 is 11.8 Å². The first kappa shape index (κ1) is 20.2. The van der Waals surface area contributed by atoms with Crippen LogP contribution in [-0.2, 0) is 9.59 Å². The molecule has 0 saturated carbocycles. The van der Waals surface area contributed by atoms with Gasteiger partial charge in [0.25, 0.3) is 0 Å². The number of methoxy groups -OCH3 is 1. The fraction of sp³-hybridized carbons (Fsp3) is 0.125. The highest BCUT2D eigenvalue weighted by molar-refractivity contribution is 6.39. The number of para-hydroxylation sites is 1. The number of H-pyrrole nitrogens is 1. The third-order valence-corrected chi connectivity index (χ3v) is 5.11. The predicted octanol–water partition coefficient (Wildman–Crippen LogP) is 3.46. The molecular formula is C24H22N4O3. The largest absolute Gasteiger partial charge is 0.497 e. The molecule has 7 nitrogen and oxygen atoms in total. The highest BCUT2D eigenvalue weighted by atomic mass is 16.5. The molecule has 2 aromatic carbocycles. The minimum Gasteiger partial charge on any atom is -0.497 e. The maximum absolute atomic E-state index is 12.4. The maximum Gasteiger partial charge on any atom is 0.313 e. The SMILES string of the molecule is COc1ccc(C(CNC(=O)C(=O)Nc2cccnc2)c2c[nH]c3ccccc23)cc1. The third-order valence-electron chi connectivity index (χ3n) is 5.11. The zero-order valence-corrected chi connectivity index (χ0v) is 17.0. The van der Waals surface area contributed by atoms with Gasteiger partial charge in [-0.15, -0.1) is 0 Å². The molecule has 0 aliphatic rings. The number of nitrogens with one attached hydrogen (secondary N) is 3. The number of aromatic amines is 1. The summed E-state index contributed by atoms with van der Waals surface area (Å²) in [5, 5.41) is 6.38. The number of hydrogen-bond acceptors (Lipinski definition) is 4. The van der Waals surface area contributed by atoms with Crippen LogP contribution in [0.4, 0.5) is 5.69 Å². The number of pyridine rings is 1. The highest BCUT2D eigenvalue weighted by Crippen LogP contribution is 2.31. The van der Waals surface area contributed by atoms with Gasteiger partial charge in [0.2, 0.25) is 0 Å². The standard InChI is InChI=1S/C24H22N4O3/c1-31-18-10-8-16(9-11-18)20(21-15-26-22-7-3-2-6-19(21)22)14-27-23(29)24(30)28-17-5-4-12-25-13-17/h2-13,15,20,26H,14H2,1H3,(H,27,29)(H,28,30). The van der Waals surface area contributed by atoms with Crippen molar-refractivity contribution in [1.29, 1.82) is 0 Å². The molecule has 4 aromatic rings. The van der Waals surface area contributed by atoms with Crippen LogP contribution in [-0.4, -0.2) is 35.4 Å². The van der Waals surface area contributed by atoms with Crippen molar-refractivity contribution in [3.05, 3.63) is 90.4 Å². The van der Waals surface area contributed by atoms with Gasteiger partial charge in [-0.2, -0.15) is 0 Å². The summed E-state index contributed by atoms with van der Waals surface area (Å²) in [5.74, 6) is -0.846. The minimum atomic E-state index is -0.736. The van der Waals surface area contributed by atoms with Crippen molar-refractivity contribution in [2.24, 2.45) is 0 Å². The van der Waals surface area contributed by atoms with Crippen LogP contribution in [0.25, 0.3) is 10.9 Å². The van der Waals surface area contributed by atoms with Crippen molar-refractivity contribution < 1.29 is 14.3 Å². The van der Waals surface area contributed by atoms with Crippen molar-refractivity contribution in [3.8, 4) is 5.75 Å². The molecule has 0 fully saturated rings. The topological polar surface area (TPSA) is 96.1 Å². The molecule has 0 aliphatic carbocycles. The Morgan fingerprint density at radius 1 is 1.03 bits per heavy atom. The molecule has 0 radical (unpaired) electrons.